The first-order valence-corrected chi connectivity index (χ1v) is 12.3. The normalized spacial score (nSPS) is 17.3. The summed E-state index contributed by atoms with van der Waals surface area (Å²) in [5, 5.41) is 4.78. The van der Waals surface area contributed by atoms with Gasteiger partial charge < -0.3 is 14.5 Å². The van der Waals surface area contributed by atoms with Crippen LogP contribution in [0, 0.1) is 13.8 Å². The van der Waals surface area contributed by atoms with E-state index < -0.39 is 5.97 Å². The number of nitrogens with zero attached hydrogens (tertiary/aromatic N) is 2. The van der Waals surface area contributed by atoms with Crippen molar-refractivity contribution in [2.24, 2.45) is 5.16 Å². The molecule has 34 heavy (non-hydrogen) atoms. The van der Waals surface area contributed by atoms with Crippen LogP contribution < -0.4 is 0 Å². The fraction of sp³-hybridized carbons (Fsp3) is 0.519. The second kappa shape index (κ2) is 13.3. The maximum absolute atomic E-state index is 12.9. The molecule has 2 rings (SSSR count). The lowest BCUT2D eigenvalue weighted by molar-refractivity contribution is -0.139. The maximum Gasteiger partial charge on any atom is 0.338 e. The van der Waals surface area contributed by atoms with Gasteiger partial charge in [0.15, 0.2) is 6.61 Å². The fourth-order valence-electron chi connectivity index (χ4n) is 4.16. The van der Waals surface area contributed by atoms with Crippen LogP contribution >= 0.6 is 11.6 Å². The second-order valence-corrected chi connectivity index (χ2v) is 9.45. The first-order valence-electron chi connectivity index (χ1n) is 11.9. The lowest BCUT2D eigenvalue weighted by Crippen LogP contribution is -2.43. The number of benzene rings is 1. The lowest BCUT2D eigenvalue weighted by atomic mass is 9.94. The predicted molar refractivity (Wildman–Crippen MR) is 138 cm³/mol. The van der Waals surface area contributed by atoms with Crippen molar-refractivity contribution in [3.05, 3.63) is 57.6 Å². The molecule has 7 heteroatoms. The summed E-state index contributed by atoms with van der Waals surface area (Å²) >= 11 is 6.66. The molecule has 0 spiro atoms. The average molecular weight is 489 g/mol. The van der Waals surface area contributed by atoms with Crippen LogP contribution in [0.1, 0.15) is 74.0 Å². The summed E-state index contributed by atoms with van der Waals surface area (Å²) in [6, 6.07) is 2.02. The standard InChI is InChI=1S/C27H37ClN2O4/c1-18(2)30(19(3)4)24(31)17-34-29-22-13-11-9-7-8-10-12-14-33-27(32)25-20(5)15-21(6)26(28)23(25)16-22/h8,10-11,13,15,18-19H,7,9,12,14,16-17H2,1-6H3/b10-8+,13-11?,29-22+. The number of aryl methyl sites for hydroxylation is 2. The summed E-state index contributed by atoms with van der Waals surface area (Å²) < 4.78 is 5.52. The van der Waals surface area contributed by atoms with Crippen molar-refractivity contribution in [1.29, 1.82) is 0 Å². The highest BCUT2D eigenvalue weighted by Gasteiger charge is 2.23. The number of oxime groups is 1. The zero-order chi connectivity index (χ0) is 25.3. The maximum atomic E-state index is 12.9. The molecule has 0 aromatic heterocycles. The summed E-state index contributed by atoms with van der Waals surface area (Å²) in [5.74, 6) is -0.526. The van der Waals surface area contributed by atoms with Gasteiger partial charge in [0.2, 0.25) is 0 Å². The number of carbonyl (C=O) groups excluding carboxylic acids is 2. The number of hydrogen-bond donors (Lipinski definition) is 0. The third-order valence-electron chi connectivity index (χ3n) is 5.57. The Labute approximate surface area is 208 Å². The number of carbonyl (C=O) groups is 2. The number of rotatable bonds is 5. The van der Waals surface area contributed by atoms with E-state index in [1.54, 1.807) is 4.90 Å². The van der Waals surface area contributed by atoms with Crippen LogP contribution in [-0.2, 0) is 20.8 Å². The number of fused-ring (bicyclic) bond motifs is 1. The summed E-state index contributed by atoms with van der Waals surface area (Å²) in [6.45, 7) is 11.8. The molecule has 0 aliphatic carbocycles. The van der Waals surface area contributed by atoms with Gasteiger partial charge in [-0.05, 0) is 83.6 Å². The molecule has 0 unspecified atom stereocenters. The van der Waals surface area contributed by atoms with Crippen LogP contribution in [0.25, 0.3) is 0 Å². The molecule has 0 bridgehead atoms. The zero-order valence-corrected chi connectivity index (χ0v) is 21.9. The molecule has 0 saturated heterocycles. The Morgan fingerprint density at radius 3 is 2.41 bits per heavy atom. The van der Waals surface area contributed by atoms with Crippen LogP contribution in [-0.4, -0.2) is 47.8 Å². The van der Waals surface area contributed by atoms with E-state index in [9.17, 15) is 9.59 Å². The molecule has 1 aliphatic rings. The van der Waals surface area contributed by atoms with Gasteiger partial charge in [-0.15, -0.1) is 0 Å². The molecular weight excluding hydrogens is 452 g/mol. The van der Waals surface area contributed by atoms with Crippen LogP contribution in [0.2, 0.25) is 5.02 Å². The molecule has 186 valence electrons. The monoisotopic (exact) mass is 488 g/mol. The number of hydrogen-bond acceptors (Lipinski definition) is 5. The number of ether oxygens (including phenoxy) is 1. The van der Waals surface area contributed by atoms with Gasteiger partial charge >= 0.3 is 5.97 Å². The van der Waals surface area contributed by atoms with E-state index in [1.807, 2.05) is 65.8 Å². The number of esters is 1. The SMILES string of the molecule is Cc1cc(C)c2c(c1Cl)C/C(=N/OCC(=O)N(C(C)C)C(C)C)C=CCC/C=C/CCOC2=O. The molecule has 0 saturated carbocycles. The molecule has 1 aromatic rings. The minimum Gasteiger partial charge on any atom is -0.462 e. The number of cyclic esters (lactones) is 1. The largest absolute Gasteiger partial charge is 0.462 e. The summed E-state index contributed by atoms with van der Waals surface area (Å²) in [6.07, 6.45) is 10.6. The topological polar surface area (TPSA) is 68.2 Å². The molecule has 0 radical (unpaired) electrons. The highest BCUT2D eigenvalue weighted by atomic mass is 35.5. The molecule has 0 fully saturated rings. The van der Waals surface area contributed by atoms with Gasteiger partial charge in [0.1, 0.15) is 0 Å². The van der Waals surface area contributed by atoms with Crippen molar-refractivity contribution in [3.8, 4) is 0 Å². The Morgan fingerprint density at radius 2 is 1.74 bits per heavy atom. The summed E-state index contributed by atoms with van der Waals surface area (Å²) in [4.78, 5) is 32.9. The summed E-state index contributed by atoms with van der Waals surface area (Å²) in [5.41, 5.74) is 3.36. The molecular formula is C27H37ClN2O4. The molecule has 1 amide bonds. The predicted octanol–water partition coefficient (Wildman–Crippen LogP) is 5.97. The van der Waals surface area contributed by atoms with Crippen LogP contribution in [0.5, 0.6) is 0 Å². The minimum atomic E-state index is -0.399. The molecule has 1 aliphatic heterocycles. The molecule has 1 aromatic carbocycles. The number of halogens is 1. The molecule has 1 heterocycles. The molecule has 0 N–H and O–H groups in total. The lowest BCUT2D eigenvalue weighted by Gasteiger charge is -2.30. The highest BCUT2D eigenvalue weighted by molar-refractivity contribution is 6.33. The van der Waals surface area contributed by atoms with Gasteiger partial charge in [-0.2, -0.15) is 0 Å². The van der Waals surface area contributed by atoms with E-state index in [2.05, 4.69) is 11.2 Å². The van der Waals surface area contributed by atoms with Gasteiger partial charge in [0.05, 0.1) is 17.9 Å². The Hall–Kier alpha value is -2.60. The van der Waals surface area contributed by atoms with Crippen molar-refractivity contribution < 1.29 is 19.2 Å². The Bertz CT molecular complexity index is 956. The van der Waals surface area contributed by atoms with Gasteiger partial charge in [-0.25, -0.2) is 4.79 Å². The van der Waals surface area contributed by atoms with E-state index in [0.717, 1.165) is 24.0 Å². The number of amides is 1. The van der Waals surface area contributed by atoms with E-state index in [0.29, 0.717) is 34.9 Å². The zero-order valence-electron chi connectivity index (χ0n) is 21.2. The van der Waals surface area contributed by atoms with E-state index in [-0.39, 0.29) is 31.0 Å². The van der Waals surface area contributed by atoms with Gasteiger partial charge in [0, 0.05) is 23.5 Å². The van der Waals surface area contributed by atoms with Crippen molar-refractivity contribution in [2.45, 2.75) is 79.3 Å². The van der Waals surface area contributed by atoms with Crippen molar-refractivity contribution in [1.82, 2.24) is 4.90 Å². The fourth-order valence-corrected chi connectivity index (χ4v) is 4.37. The van der Waals surface area contributed by atoms with Crippen LogP contribution in [0.3, 0.4) is 0 Å². The van der Waals surface area contributed by atoms with Crippen molar-refractivity contribution in [3.63, 3.8) is 0 Å². The third-order valence-corrected chi connectivity index (χ3v) is 6.09. The average Bonchev–Trinajstić information content (AvgIpc) is 2.74. The Morgan fingerprint density at radius 1 is 1.09 bits per heavy atom. The van der Waals surface area contributed by atoms with E-state index >= 15 is 0 Å². The number of allylic oxidation sites excluding steroid dienone is 3. The smallest absolute Gasteiger partial charge is 0.338 e. The molecule has 6 nitrogen and oxygen atoms in total. The van der Waals surface area contributed by atoms with Crippen LogP contribution in [0.15, 0.2) is 35.5 Å². The summed E-state index contributed by atoms with van der Waals surface area (Å²) in [7, 11) is 0. The molecule has 0 atom stereocenters. The Balaban J connectivity index is 2.38. The Kier molecular flexibility index (Phi) is 10.8. The van der Waals surface area contributed by atoms with Gasteiger partial charge in [-0.1, -0.05) is 41.1 Å². The first kappa shape index (κ1) is 27.6. The van der Waals surface area contributed by atoms with E-state index in [4.69, 9.17) is 21.2 Å². The minimum absolute atomic E-state index is 0.0636. The second-order valence-electron chi connectivity index (χ2n) is 9.07. The van der Waals surface area contributed by atoms with Crippen LogP contribution in [0.4, 0.5) is 0 Å². The third kappa shape index (κ3) is 7.73. The van der Waals surface area contributed by atoms with E-state index in [1.165, 1.54) is 0 Å². The van der Waals surface area contributed by atoms with Gasteiger partial charge in [-0.3, -0.25) is 4.79 Å². The first-order chi connectivity index (χ1) is 16.1. The highest BCUT2D eigenvalue weighted by Crippen LogP contribution is 2.29. The quantitative estimate of drug-likeness (QED) is 0.291. The van der Waals surface area contributed by atoms with Gasteiger partial charge in [0.25, 0.3) is 5.91 Å². The van der Waals surface area contributed by atoms with Crippen molar-refractivity contribution >= 4 is 29.2 Å². The van der Waals surface area contributed by atoms with Crippen molar-refractivity contribution in [2.75, 3.05) is 13.2 Å².